The first-order valence-corrected chi connectivity index (χ1v) is 6.07. The predicted octanol–water partition coefficient (Wildman–Crippen LogP) is 0.704. The number of aromatic hydroxyl groups is 1. The molecule has 0 saturated heterocycles. The summed E-state index contributed by atoms with van der Waals surface area (Å²) in [6.07, 6.45) is 1.64. The summed E-state index contributed by atoms with van der Waals surface area (Å²) < 4.78 is 0. The molecule has 6 heteroatoms. The van der Waals surface area contributed by atoms with E-state index in [1.54, 1.807) is 12.1 Å². The van der Waals surface area contributed by atoms with E-state index in [0.717, 1.165) is 0 Å². The summed E-state index contributed by atoms with van der Waals surface area (Å²) in [4.78, 5) is 22.2. The second-order valence-electron chi connectivity index (χ2n) is 4.21. The zero-order valence-electron chi connectivity index (χ0n) is 10.5. The zero-order chi connectivity index (χ0) is 14.3. The predicted molar refractivity (Wildman–Crippen MR) is 69.9 cm³/mol. The molecule has 6 nitrogen and oxygen atoms in total. The normalized spacial score (nSPS) is 11.8. The van der Waals surface area contributed by atoms with E-state index in [-0.39, 0.29) is 17.2 Å². The van der Waals surface area contributed by atoms with Gasteiger partial charge in [0.15, 0.2) is 0 Å². The number of hydrogen-bond acceptors (Lipinski definition) is 4. The number of amides is 1. The number of carboxylic acids is 1. The van der Waals surface area contributed by atoms with E-state index < -0.39 is 12.0 Å². The minimum Gasteiger partial charge on any atom is -0.507 e. The molecule has 0 unspecified atom stereocenters. The van der Waals surface area contributed by atoms with E-state index >= 15 is 0 Å². The maximum Gasteiger partial charge on any atom is 0.320 e. The highest BCUT2D eigenvalue weighted by molar-refractivity contribution is 5.96. The van der Waals surface area contributed by atoms with Gasteiger partial charge in [0.05, 0.1) is 5.56 Å². The maximum absolute atomic E-state index is 11.7. The quantitative estimate of drug-likeness (QED) is 0.543. The van der Waals surface area contributed by atoms with Gasteiger partial charge in [-0.2, -0.15) is 0 Å². The molecule has 0 fully saturated rings. The van der Waals surface area contributed by atoms with Crippen LogP contribution in [0.4, 0.5) is 0 Å². The molecule has 1 atom stereocenters. The van der Waals surface area contributed by atoms with Crippen LogP contribution < -0.4 is 11.1 Å². The molecular formula is C13H18N2O4. The van der Waals surface area contributed by atoms with Gasteiger partial charge in [0.2, 0.25) is 0 Å². The Morgan fingerprint density at radius 1 is 1.26 bits per heavy atom. The zero-order valence-corrected chi connectivity index (χ0v) is 10.5. The lowest BCUT2D eigenvalue weighted by Gasteiger charge is -2.08. The molecule has 104 valence electrons. The summed E-state index contributed by atoms with van der Waals surface area (Å²) in [6, 6.07) is 5.43. The number of benzene rings is 1. The van der Waals surface area contributed by atoms with E-state index in [1.807, 2.05) is 0 Å². The number of phenolic OH excluding ortho intramolecular Hbond substituents is 1. The third kappa shape index (κ3) is 4.97. The number of nitrogens with one attached hydrogen (secondary N) is 1. The van der Waals surface area contributed by atoms with Gasteiger partial charge >= 0.3 is 5.97 Å². The van der Waals surface area contributed by atoms with Crippen molar-refractivity contribution in [3.05, 3.63) is 29.8 Å². The summed E-state index contributed by atoms with van der Waals surface area (Å²) >= 11 is 0. The van der Waals surface area contributed by atoms with Gasteiger partial charge in [0.25, 0.3) is 5.91 Å². The second kappa shape index (κ2) is 7.38. The van der Waals surface area contributed by atoms with Crippen molar-refractivity contribution in [2.45, 2.75) is 25.3 Å². The Bertz CT molecular complexity index is 448. The molecule has 0 heterocycles. The molecule has 0 aromatic heterocycles. The minimum absolute atomic E-state index is 0.0621. The molecule has 0 spiro atoms. The van der Waals surface area contributed by atoms with Gasteiger partial charge in [0, 0.05) is 6.54 Å². The van der Waals surface area contributed by atoms with Crippen molar-refractivity contribution in [2.75, 3.05) is 6.54 Å². The van der Waals surface area contributed by atoms with E-state index in [4.69, 9.17) is 10.8 Å². The highest BCUT2D eigenvalue weighted by Crippen LogP contribution is 2.14. The Kier molecular flexibility index (Phi) is 5.81. The standard InChI is InChI=1S/C13H18N2O4/c14-10(13(18)19)6-3-4-8-15-12(17)9-5-1-2-7-11(9)16/h1-2,5,7,10,16H,3-4,6,8,14H2,(H,15,17)(H,18,19)/t10-/m0/s1. The van der Waals surface area contributed by atoms with Crippen LogP contribution in [-0.2, 0) is 4.79 Å². The van der Waals surface area contributed by atoms with E-state index in [9.17, 15) is 14.7 Å². The lowest BCUT2D eigenvalue weighted by atomic mass is 10.1. The molecule has 1 rings (SSSR count). The fourth-order valence-corrected chi connectivity index (χ4v) is 1.58. The third-order valence-corrected chi connectivity index (χ3v) is 2.69. The highest BCUT2D eigenvalue weighted by atomic mass is 16.4. The topological polar surface area (TPSA) is 113 Å². The minimum atomic E-state index is -1.02. The van der Waals surface area contributed by atoms with Crippen LogP contribution in [0.1, 0.15) is 29.6 Å². The van der Waals surface area contributed by atoms with Crippen LogP contribution in [0.25, 0.3) is 0 Å². The molecule has 1 aromatic carbocycles. The van der Waals surface area contributed by atoms with Gasteiger partial charge in [-0.15, -0.1) is 0 Å². The summed E-state index contributed by atoms with van der Waals surface area (Å²) in [5.74, 6) is -1.42. The van der Waals surface area contributed by atoms with Gasteiger partial charge in [-0.05, 0) is 31.4 Å². The number of carbonyl (C=O) groups excluding carboxylic acids is 1. The van der Waals surface area contributed by atoms with Crippen molar-refractivity contribution in [1.82, 2.24) is 5.32 Å². The van der Waals surface area contributed by atoms with E-state index in [1.165, 1.54) is 12.1 Å². The molecule has 0 aliphatic carbocycles. The van der Waals surface area contributed by atoms with Gasteiger partial charge in [-0.25, -0.2) is 0 Å². The molecule has 1 aromatic rings. The molecule has 1 amide bonds. The lowest BCUT2D eigenvalue weighted by Crippen LogP contribution is -2.30. The van der Waals surface area contributed by atoms with E-state index in [2.05, 4.69) is 5.32 Å². The van der Waals surface area contributed by atoms with Crippen molar-refractivity contribution in [3.63, 3.8) is 0 Å². The van der Waals surface area contributed by atoms with E-state index in [0.29, 0.717) is 25.8 Å². The van der Waals surface area contributed by atoms with Crippen LogP contribution in [0.2, 0.25) is 0 Å². The van der Waals surface area contributed by atoms with Gasteiger partial charge in [-0.3, -0.25) is 9.59 Å². The SMILES string of the molecule is N[C@@H](CCCCNC(=O)c1ccccc1O)C(=O)O. The smallest absolute Gasteiger partial charge is 0.320 e. The molecule has 0 aliphatic heterocycles. The Labute approximate surface area is 111 Å². The Morgan fingerprint density at radius 2 is 1.95 bits per heavy atom. The molecule has 0 saturated carbocycles. The van der Waals surface area contributed by atoms with Gasteiger partial charge < -0.3 is 21.3 Å². The van der Waals surface area contributed by atoms with Crippen molar-refractivity contribution < 1.29 is 19.8 Å². The summed E-state index contributed by atoms with van der Waals surface area (Å²) in [6.45, 7) is 0.416. The molecule has 19 heavy (non-hydrogen) atoms. The fourth-order valence-electron chi connectivity index (χ4n) is 1.58. The number of phenols is 1. The van der Waals surface area contributed by atoms with Crippen LogP contribution >= 0.6 is 0 Å². The average Bonchev–Trinajstić information content (AvgIpc) is 2.38. The number of para-hydroxylation sites is 1. The molecular weight excluding hydrogens is 248 g/mol. The summed E-state index contributed by atoms with van der Waals surface area (Å²) in [5, 5.41) is 20.7. The monoisotopic (exact) mass is 266 g/mol. The van der Waals surface area contributed by atoms with Crippen LogP contribution in [0.15, 0.2) is 24.3 Å². The first kappa shape index (κ1) is 15.0. The molecule has 0 radical (unpaired) electrons. The number of unbranched alkanes of at least 4 members (excludes halogenated alkanes) is 1. The summed E-state index contributed by atoms with van der Waals surface area (Å²) in [7, 11) is 0. The summed E-state index contributed by atoms with van der Waals surface area (Å²) in [5.41, 5.74) is 5.58. The highest BCUT2D eigenvalue weighted by Gasteiger charge is 2.11. The number of aliphatic carboxylic acids is 1. The lowest BCUT2D eigenvalue weighted by molar-refractivity contribution is -0.138. The van der Waals surface area contributed by atoms with Gasteiger partial charge in [0.1, 0.15) is 11.8 Å². The number of nitrogens with two attached hydrogens (primary N) is 1. The fraction of sp³-hybridized carbons (Fsp3) is 0.385. The largest absolute Gasteiger partial charge is 0.507 e. The third-order valence-electron chi connectivity index (χ3n) is 2.69. The first-order chi connectivity index (χ1) is 9.02. The number of hydrogen-bond donors (Lipinski definition) is 4. The average molecular weight is 266 g/mol. The number of carboxylic acid groups (broad SMARTS) is 1. The van der Waals surface area contributed by atoms with Crippen molar-refractivity contribution in [1.29, 1.82) is 0 Å². The first-order valence-electron chi connectivity index (χ1n) is 6.07. The molecule has 0 bridgehead atoms. The Balaban J connectivity index is 2.25. The maximum atomic E-state index is 11.7. The Hall–Kier alpha value is -2.08. The van der Waals surface area contributed by atoms with Crippen LogP contribution in [0, 0.1) is 0 Å². The van der Waals surface area contributed by atoms with Gasteiger partial charge in [-0.1, -0.05) is 12.1 Å². The number of rotatable bonds is 7. The molecule has 0 aliphatic rings. The van der Waals surface area contributed by atoms with Crippen molar-refractivity contribution in [3.8, 4) is 5.75 Å². The van der Waals surface area contributed by atoms with Crippen LogP contribution in [0.5, 0.6) is 5.75 Å². The second-order valence-corrected chi connectivity index (χ2v) is 4.21. The Morgan fingerprint density at radius 3 is 2.58 bits per heavy atom. The van der Waals surface area contributed by atoms with Crippen LogP contribution in [-0.4, -0.2) is 34.7 Å². The number of carbonyl (C=O) groups is 2. The van der Waals surface area contributed by atoms with Crippen LogP contribution in [0.3, 0.4) is 0 Å². The van der Waals surface area contributed by atoms with Crippen molar-refractivity contribution in [2.24, 2.45) is 5.73 Å². The molecule has 5 N–H and O–H groups in total. The van der Waals surface area contributed by atoms with Crippen molar-refractivity contribution >= 4 is 11.9 Å².